The molecule has 1 aromatic carbocycles. The molecule has 0 atom stereocenters. The molecule has 0 heterocycles. The van der Waals surface area contributed by atoms with E-state index in [2.05, 4.69) is 25.2 Å². The molecule has 1 N–H and O–H groups in total. The smallest absolute Gasteiger partial charge is 0.251 e. The van der Waals surface area contributed by atoms with Gasteiger partial charge < -0.3 is 5.32 Å². The third-order valence-corrected chi connectivity index (χ3v) is 6.17. The number of carbonyl (C=O) groups is 1. The molecule has 29 heavy (non-hydrogen) atoms. The summed E-state index contributed by atoms with van der Waals surface area (Å²) in [6, 6.07) is 5.94. The lowest BCUT2D eigenvalue weighted by Crippen LogP contribution is -2.25. The molecule has 2 nitrogen and oxygen atoms in total. The van der Waals surface area contributed by atoms with E-state index < -0.39 is 0 Å². The van der Waals surface area contributed by atoms with Crippen molar-refractivity contribution >= 4 is 5.91 Å². The lowest BCUT2D eigenvalue weighted by atomic mass is 10.0. The first-order valence-electron chi connectivity index (χ1n) is 12.5. The first-order valence-corrected chi connectivity index (χ1v) is 12.5. The fourth-order valence-electron chi connectivity index (χ4n) is 3.97. The van der Waals surface area contributed by atoms with Crippen molar-refractivity contribution in [2.75, 3.05) is 6.54 Å². The van der Waals surface area contributed by atoms with E-state index in [1.165, 1.54) is 102 Å². The van der Waals surface area contributed by atoms with Crippen molar-refractivity contribution in [2.45, 2.75) is 124 Å². The summed E-state index contributed by atoms with van der Waals surface area (Å²) in [5.74, 6) is 0.0761. The van der Waals surface area contributed by atoms with Crippen molar-refractivity contribution in [2.24, 2.45) is 0 Å². The Morgan fingerprint density at radius 1 is 0.690 bits per heavy atom. The zero-order valence-electron chi connectivity index (χ0n) is 19.7. The van der Waals surface area contributed by atoms with Gasteiger partial charge in [-0.1, -0.05) is 115 Å². The normalized spacial score (nSPS) is 11.0. The van der Waals surface area contributed by atoms with Gasteiger partial charge in [-0.15, -0.1) is 0 Å². The van der Waals surface area contributed by atoms with Crippen LogP contribution in [0.2, 0.25) is 0 Å². The summed E-state index contributed by atoms with van der Waals surface area (Å²) < 4.78 is 0. The van der Waals surface area contributed by atoms with Crippen LogP contribution in [0.4, 0.5) is 0 Å². The summed E-state index contributed by atoms with van der Waals surface area (Å²) in [5.41, 5.74) is 3.10. The molecule has 0 saturated carbocycles. The number of aryl methyl sites for hydroxylation is 1. The summed E-state index contributed by atoms with van der Waals surface area (Å²) in [6.07, 6.45) is 22.0. The molecule has 0 saturated heterocycles. The predicted octanol–water partition coefficient (Wildman–Crippen LogP) is 8.29. The molecule has 1 rings (SSSR count). The van der Waals surface area contributed by atoms with Gasteiger partial charge in [-0.25, -0.2) is 0 Å². The number of hydrogen-bond donors (Lipinski definition) is 1. The minimum absolute atomic E-state index is 0.0761. The Balaban J connectivity index is 1.84. The Labute approximate surface area is 181 Å². The van der Waals surface area contributed by atoms with E-state index in [0.29, 0.717) is 0 Å². The summed E-state index contributed by atoms with van der Waals surface area (Å²) in [6.45, 7) is 7.17. The van der Waals surface area contributed by atoms with Crippen molar-refractivity contribution in [3.8, 4) is 0 Å². The molecule has 1 aromatic rings. The summed E-state index contributed by atoms with van der Waals surface area (Å²) in [4.78, 5) is 12.3. The monoisotopic (exact) mass is 401 g/mol. The number of benzene rings is 1. The van der Waals surface area contributed by atoms with Crippen LogP contribution in [0.15, 0.2) is 18.2 Å². The Kier molecular flexibility index (Phi) is 15.6. The lowest BCUT2D eigenvalue weighted by molar-refractivity contribution is 0.0952. The minimum atomic E-state index is 0.0761. The summed E-state index contributed by atoms with van der Waals surface area (Å²) in [7, 11) is 0. The fourth-order valence-corrected chi connectivity index (χ4v) is 3.97. The first kappa shape index (κ1) is 25.7. The molecule has 0 fully saturated rings. The third kappa shape index (κ3) is 12.8. The number of amides is 1. The second kappa shape index (κ2) is 17.5. The van der Waals surface area contributed by atoms with Crippen molar-refractivity contribution in [1.29, 1.82) is 0 Å². The zero-order valence-corrected chi connectivity index (χ0v) is 19.7. The van der Waals surface area contributed by atoms with E-state index in [-0.39, 0.29) is 5.91 Å². The van der Waals surface area contributed by atoms with Crippen LogP contribution in [0.25, 0.3) is 0 Å². The standard InChI is InChI=1S/C27H47NO/c1-4-5-6-7-8-9-10-11-12-13-14-15-16-17-18-19-23-28-27(29)26-22-20-21-24(2)25(26)3/h20-22H,4-19,23H2,1-3H3,(H,28,29). The number of nitrogens with one attached hydrogen (secondary N) is 1. The molecule has 0 aliphatic carbocycles. The van der Waals surface area contributed by atoms with E-state index >= 15 is 0 Å². The minimum Gasteiger partial charge on any atom is -0.352 e. The molecular weight excluding hydrogens is 354 g/mol. The topological polar surface area (TPSA) is 29.1 Å². The Bertz CT molecular complexity index is 537. The highest BCUT2D eigenvalue weighted by molar-refractivity contribution is 5.95. The van der Waals surface area contributed by atoms with Gasteiger partial charge in [-0.2, -0.15) is 0 Å². The van der Waals surface area contributed by atoms with E-state index in [9.17, 15) is 4.79 Å². The Hall–Kier alpha value is -1.31. The maximum absolute atomic E-state index is 12.3. The van der Waals surface area contributed by atoms with Crippen molar-refractivity contribution < 1.29 is 4.79 Å². The van der Waals surface area contributed by atoms with Crippen LogP contribution in [0.1, 0.15) is 131 Å². The maximum atomic E-state index is 12.3. The zero-order chi connectivity index (χ0) is 21.2. The SMILES string of the molecule is CCCCCCCCCCCCCCCCCCNC(=O)c1cccc(C)c1C. The molecule has 0 aromatic heterocycles. The van der Waals surface area contributed by atoms with Gasteiger partial charge >= 0.3 is 0 Å². The van der Waals surface area contributed by atoms with Crippen molar-refractivity contribution in [3.63, 3.8) is 0 Å². The number of hydrogen-bond acceptors (Lipinski definition) is 1. The fraction of sp³-hybridized carbons (Fsp3) is 0.741. The number of carbonyl (C=O) groups excluding carboxylic acids is 1. The van der Waals surface area contributed by atoms with Gasteiger partial charge in [-0.3, -0.25) is 4.79 Å². The molecule has 0 bridgehead atoms. The molecule has 0 unspecified atom stereocenters. The molecule has 166 valence electrons. The summed E-state index contributed by atoms with van der Waals surface area (Å²) >= 11 is 0. The quantitative estimate of drug-likeness (QED) is 0.246. The largest absolute Gasteiger partial charge is 0.352 e. The van der Waals surface area contributed by atoms with Crippen molar-refractivity contribution in [3.05, 3.63) is 34.9 Å². The molecule has 0 spiro atoms. The van der Waals surface area contributed by atoms with Gasteiger partial charge in [-0.05, 0) is 37.5 Å². The van der Waals surface area contributed by atoms with Crippen LogP contribution in [-0.2, 0) is 0 Å². The highest BCUT2D eigenvalue weighted by Gasteiger charge is 2.08. The van der Waals surface area contributed by atoms with Crippen LogP contribution >= 0.6 is 0 Å². The average Bonchev–Trinajstić information content (AvgIpc) is 2.72. The maximum Gasteiger partial charge on any atom is 0.251 e. The Morgan fingerprint density at radius 3 is 1.62 bits per heavy atom. The van der Waals surface area contributed by atoms with Gasteiger partial charge in [0.05, 0.1) is 0 Å². The highest BCUT2D eigenvalue weighted by atomic mass is 16.1. The van der Waals surface area contributed by atoms with E-state index in [4.69, 9.17) is 0 Å². The van der Waals surface area contributed by atoms with Gasteiger partial charge in [0.15, 0.2) is 0 Å². The molecular formula is C27H47NO. The van der Waals surface area contributed by atoms with Gasteiger partial charge in [0, 0.05) is 12.1 Å². The van der Waals surface area contributed by atoms with Crippen LogP contribution in [0.3, 0.4) is 0 Å². The third-order valence-electron chi connectivity index (χ3n) is 6.17. The predicted molar refractivity (Wildman–Crippen MR) is 128 cm³/mol. The average molecular weight is 402 g/mol. The second-order valence-electron chi connectivity index (χ2n) is 8.81. The van der Waals surface area contributed by atoms with Gasteiger partial charge in [0.1, 0.15) is 0 Å². The van der Waals surface area contributed by atoms with E-state index in [0.717, 1.165) is 24.1 Å². The first-order chi connectivity index (χ1) is 14.2. The highest BCUT2D eigenvalue weighted by Crippen LogP contribution is 2.14. The summed E-state index contributed by atoms with van der Waals surface area (Å²) in [5, 5.41) is 3.08. The van der Waals surface area contributed by atoms with Crippen LogP contribution < -0.4 is 5.32 Å². The van der Waals surface area contributed by atoms with E-state index in [1.54, 1.807) is 0 Å². The number of rotatable bonds is 18. The molecule has 0 radical (unpaired) electrons. The van der Waals surface area contributed by atoms with Crippen LogP contribution in [0, 0.1) is 13.8 Å². The van der Waals surface area contributed by atoms with Gasteiger partial charge in [0.2, 0.25) is 0 Å². The second-order valence-corrected chi connectivity index (χ2v) is 8.81. The van der Waals surface area contributed by atoms with Gasteiger partial charge in [0.25, 0.3) is 5.91 Å². The molecule has 2 heteroatoms. The van der Waals surface area contributed by atoms with Crippen LogP contribution in [0.5, 0.6) is 0 Å². The molecule has 0 aliphatic heterocycles. The molecule has 1 amide bonds. The Morgan fingerprint density at radius 2 is 1.14 bits per heavy atom. The lowest BCUT2D eigenvalue weighted by Gasteiger charge is -2.09. The number of unbranched alkanes of at least 4 members (excludes halogenated alkanes) is 15. The molecule has 0 aliphatic rings. The van der Waals surface area contributed by atoms with Crippen LogP contribution in [-0.4, -0.2) is 12.5 Å². The van der Waals surface area contributed by atoms with Crippen molar-refractivity contribution in [1.82, 2.24) is 5.32 Å². The van der Waals surface area contributed by atoms with E-state index in [1.807, 2.05) is 19.1 Å².